The van der Waals surface area contributed by atoms with Gasteiger partial charge in [0.15, 0.2) is 0 Å². The van der Waals surface area contributed by atoms with Crippen molar-refractivity contribution in [2.75, 3.05) is 30.0 Å². The number of nitrogens with zero attached hydrogens (tertiary/aromatic N) is 2. The predicted molar refractivity (Wildman–Crippen MR) is 71.7 cm³/mol. The fourth-order valence-corrected chi connectivity index (χ4v) is 1.62. The molecule has 0 bridgehead atoms. The lowest BCUT2D eigenvalue weighted by Gasteiger charge is -2.15. The van der Waals surface area contributed by atoms with Gasteiger partial charge in [0.05, 0.1) is 11.4 Å². The number of benzene rings is 1. The molecular weight excluding hydrogens is 230 g/mol. The quantitative estimate of drug-likeness (QED) is 0.711. The van der Waals surface area contributed by atoms with Crippen LogP contribution in [0.2, 0.25) is 0 Å². The molecule has 1 heterocycles. The Bertz CT molecular complexity index is 548. The smallest absolute Gasteiger partial charge is 0.258 e. The van der Waals surface area contributed by atoms with Gasteiger partial charge in [0.1, 0.15) is 0 Å². The van der Waals surface area contributed by atoms with Crippen LogP contribution in [-0.4, -0.2) is 30.0 Å². The van der Waals surface area contributed by atoms with Crippen molar-refractivity contribution >= 4 is 23.2 Å². The van der Waals surface area contributed by atoms with Crippen molar-refractivity contribution < 1.29 is 4.79 Å². The molecule has 0 spiro atoms. The zero-order valence-corrected chi connectivity index (χ0v) is 10.3. The zero-order chi connectivity index (χ0) is 13.1. The van der Waals surface area contributed by atoms with Gasteiger partial charge in [-0.15, -0.1) is 0 Å². The lowest BCUT2D eigenvalue weighted by molar-refractivity contribution is 0.102. The molecule has 4 N–H and O–H groups in total. The number of hydrogen-bond acceptors (Lipinski definition) is 4. The maximum Gasteiger partial charge on any atom is 0.258 e. The number of aromatic amines is 1. The largest absolute Gasteiger partial charge is 0.397 e. The number of nitrogens with one attached hydrogen (secondary N) is 2. The van der Waals surface area contributed by atoms with E-state index in [0.29, 0.717) is 17.2 Å². The van der Waals surface area contributed by atoms with E-state index in [0.717, 1.165) is 5.69 Å². The molecule has 0 atom stereocenters. The molecule has 0 saturated heterocycles. The second-order valence-electron chi connectivity index (χ2n) is 4.06. The Hall–Kier alpha value is -2.50. The summed E-state index contributed by atoms with van der Waals surface area (Å²) in [7, 11) is 3.79. The second-order valence-corrected chi connectivity index (χ2v) is 4.06. The molecule has 2 rings (SSSR count). The van der Waals surface area contributed by atoms with E-state index >= 15 is 0 Å². The number of amides is 1. The van der Waals surface area contributed by atoms with Crippen LogP contribution >= 0.6 is 0 Å². The van der Waals surface area contributed by atoms with E-state index in [1.807, 2.05) is 25.1 Å². The maximum absolute atomic E-state index is 11.9. The van der Waals surface area contributed by atoms with Gasteiger partial charge in [-0.2, -0.15) is 0 Å². The number of imidazole rings is 1. The summed E-state index contributed by atoms with van der Waals surface area (Å²) in [6.07, 6.45) is 3.21. The highest BCUT2D eigenvalue weighted by molar-refractivity contribution is 6.04. The fraction of sp³-hybridized carbons (Fsp3) is 0.167. The van der Waals surface area contributed by atoms with Crippen molar-refractivity contribution in [3.63, 3.8) is 0 Å². The average molecular weight is 245 g/mol. The van der Waals surface area contributed by atoms with Gasteiger partial charge in [-0.05, 0) is 18.2 Å². The topological polar surface area (TPSA) is 87.0 Å². The molecule has 2 aromatic rings. The van der Waals surface area contributed by atoms with Gasteiger partial charge in [-0.1, -0.05) is 0 Å². The third-order valence-corrected chi connectivity index (χ3v) is 2.50. The van der Waals surface area contributed by atoms with Crippen molar-refractivity contribution in [2.24, 2.45) is 0 Å². The van der Waals surface area contributed by atoms with E-state index in [9.17, 15) is 4.79 Å². The highest BCUT2D eigenvalue weighted by atomic mass is 16.1. The van der Waals surface area contributed by atoms with E-state index in [1.165, 1.54) is 0 Å². The third-order valence-electron chi connectivity index (χ3n) is 2.50. The molecule has 0 aliphatic heterocycles. The van der Waals surface area contributed by atoms with E-state index in [1.54, 1.807) is 24.5 Å². The maximum atomic E-state index is 11.9. The summed E-state index contributed by atoms with van der Waals surface area (Å²) in [5.41, 5.74) is 7.82. The van der Waals surface area contributed by atoms with Crippen LogP contribution in [0.1, 0.15) is 10.4 Å². The molecule has 0 unspecified atom stereocenters. The van der Waals surface area contributed by atoms with Crippen molar-refractivity contribution in [2.45, 2.75) is 0 Å². The number of aromatic nitrogens is 2. The predicted octanol–water partition coefficient (Wildman–Crippen LogP) is 1.31. The van der Waals surface area contributed by atoms with Crippen molar-refractivity contribution in [1.82, 2.24) is 9.97 Å². The first-order chi connectivity index (χ1) is 8.58. The number of anilines is 3. The summed E-state index contributed by atoms with van der Waals surface area (Å²) in [6, 6.07) is 5.18. The van der Waals surface area contributed by atoms with E-state index in [-0.39, 0.29) is 5.91 Å². The molecule has 6 heteroatoms. The Labute approximate surface area is 105 Å². The molecule has 1 amide bonds. The normalized spacial score (nSPS) is 10.1. The van der Waals surface area contributed by atoms with Crippen LogP contribution in [0.5, 0.6) is 0 Å². The van der Waals surface area contributed by atoms with E-state index < -0.39 is 0 Å². The van der Waals surface area contributed by atoms with Crippen LogP contribution in [0, 0.1) is 0 Å². The SMILES string of the molecule is CN(C)c1ccc(C(=O)Nc2ncc[nH]2)cc1N. The molecule has 1 aromatic heterocycles. The molecule has 0 saturated carbocycles. The zero-order valence-electron chi connectivity index (χ0n) is 10.3. The van der Waals surface area contributed by atoms with Gasteiger partial charge in [0, 0.05) is 32.1 Å². The molecule has 0 aliphatic carbocycles. The monoisotopic (exact) mass is 245 g/mol. The molecular formula is C12H15N5O. The number of rotatable bonds is 3. The highest BCUT2D eigenvalue weighted by Crippen LogP contribution is 2.22. The first-order valence-electron chi connectivity index (χ1n) is 5.45. The number of nitrogens with two attached hydrogens (primary N) is 1. The molecule has 18 heavy (non-hydrogen) atoms. The minimum Gasteiger partial charge on any atom is -0.397 e. The minimum atomic E-state index is -0.248. The summed E-state index contributed by atoms with van der Waals surface area (Å²) in [5, 5.41) is 2.64. The minimum absolute atomic E-state index is 0.248. The van der Waals surface area contributed by atoms with Gasteiger partial charge in [0.2, 0.25) is 5.95 Å². The Morgan fingerprint density at radius 1 is 1.44 bits per heavy atom. The highest BCUT2D eigenvalue weighted by Gasteiger charge is 2.10. The molecule has 1 aromatic carbocycles. The van der Waals surface area contributed by atoms with Crippen molar-refractivity contribution in [3.05, 3.63) is 36.2 Å². The standard InChI is InChI=1S/C12H15N5O/c1-17(2)10-4-3-8(7-9(10)13)11(18)16-12-14-5-6-15-12/h3-7H,13H2,1-2H3,(H2,14,15,16,18). The molecule has 0 radical (unpaired) electrons. The van der Waals surface area contributed by atoms with Crippen LogP contribution in [0.3, 0.4) is 0 Å². The molecule has 0 aliphatic rings. The van der Waals surface area contributed by atoms with Crippen LogP contribution in [0.25, 0.3) is 0 Å². The summed E-state index contributed by atoms with van der Waals surface area (Å²) in [6.45, 7) is 0. The first-order valence-corrected chi connectivity index (χ1v) is 5.45. The molecule has 94 valence electrons. The lowest BCUT2D eigenvalue weighted by atomic mass is 10.1. The number of carbonyl (C=O) groups excluding carboxylic acids is 1. The van der Waals surface area contributed by atoms with Crippen LogP contribution in [-0.2, 0) is 0 Å². The summed E-state index contributed by atoms with van der Waals surface area (Å²) in [4.78, 5) is 20.5. The Morgan fingerprint density at radius 3 is 2.78 bits per heavy atom. The van der Waals surface area contributed by atoms with Crippen LogP contribution < -0.4 is 16.0 Å². The third kappa shape index (κ3) is 2.42. The fourth-order valence-electron chi connectivity index (χ4n) is 1.62. The lowest BCUT2D eigenvalue weighted by Crippen LogP contribution is -2.15. The Kier molecular flexibility index (Phi) is 3.18. The summed E-state index contributed by atoms with van der Waals surface area (Å²) < 4.78 is 0. The molecule has 0 fully saturated rings. The van der Waals surface area contributed by atoms with Crippen molar-refractivity contribution in [3.8, 4) is 0 Å². The Balaban J connectivity index is 2.19. The van der Waals surface area contributed by atoms with Gasteiger partial charge < -0.3 is 15.6 Å². The summed E-state index contributed by atoms with van der Waals surface area (Å²) in [5.74, 6) is 0.164. The second kappa shape index (κ2) is 4.79. The first kappa shape index (κ1) is 12.0. The van der Waals surface area contributed by atoms with Gasteiger partial charge in [-0.3, -0.25) is 10.1 Å². The average Bonchev–Trinajstić information content (AvgIpc) is 2.81. The van der Waals surface area contributed by atoms with Gasteiger partial charge in [0.25, 0.3) is 5.91 Å². The number of hydrogen-bond donors (Lipinski definition) is 3. The summed E-state index contributed by atoms with van der Waals surface area (Å²) >= 11 is 0. The van der Waals surface area contributed by atoms with Crippen molar-refractivity contribution in [1.29, 1.82) is 0 Å². The van der Waals surface area contributed by atoms with Crippen LogP contribution in [0.4, 0.5) is 17.3 Å². The Morgan fingerprint density at radius 2 is 2.22 bits per heavy atom. The number of nitrogen functional groups attached to an aromatic ring is 1. The van der Waals surface area contributed by atoms with Gasteiger partial charge >= 0.3 is 0 Å². The number of carbonyl (C=O) groups is 1. The molecule has 6 nitrogen and oxygen atoms in total. The van der Waals surface area contributed by atoms with E-state index in [4.69, 9.17) is 5.73 Å². The van der Waals surface area contributed by atoms with Gasteiger partial charge in [-0.25, -0.2) is 4.98 Å². The van der Waals surface area contributed by atoms with Crippen LogP contribution in [0.15, 0.2) is 30.6 Å². The number of H-pyrrole nitrogens is 1. The van der Waals surface area contributed by atoms with E-state index in [2.05, 4.69) is 15.3 Å².